The molecule has 0 aromatic heterocycles. The van der Waals surface area contributed by atoms with Crippen LogP contribution in [0.5, 0.6) is 5.75 Å². The molecule has 8 atom stereocenters. The van der Waals surface area contributed by atoms with Crippen LogP contribution in [0.4, 0.5) is 0 Å². The Morgan fingerprint density at radius 1 is 0.775 bits per heavy atom. The van der Waals surface area contributed by atoms with Gasteiger partial charge in [-0.05, 0) is 68.6 Å². The molecule has 0 bridgehead atoms. The number of amides is 11. The van der Waals surface area contributed by atoms with E-state index in [1.807, 2.05) is 0 Å². The maximum Gasteiger partial charge on any atom is 0.245 e. The number of primary amides is 3. The molecule has 0 radical (unpaired) electrons. The number of hydrogen-bond acceptors (Lipinski definition) is 13. The molecule has 0 spiro atoms. The number of aliphatic imine (C=N–C) groups is 1. The summed E-state index contributed by atoms with van der Waals surface area (Å²) < 4.78 is 0. The Balaban J connectivity index is 2.01. The van der Waals surface area contributed by atoms with Gasteiger partial charge in [0.2, 0.25) is 65.0 Å². The number of phenolic OH excluding ortho intramolecular Hbond substituents is 1. The van der Waals surface area contributed by atoms with Crippen LogP contribution < -0.4 is 65.9 Å². The maximum absolute atomic E-state index is 14.5. The van der Waals surface area contributed by atoms with Gasteiger partial charge < -0.3 is 75.9 Å². The molecule has 0 saturated carbocycles. The molecule has 18 N–H and O–H groups in total. The highest BCUT2D eigenvalue weighted by Crippen LogP contribution is 2.22. The van der Waals surface area contributed by atoms with Gasteiger partial charge in [-0.15, -0.1) is 0 Å². The summed E-state index contributed by atoms with van der Waals surface area (Å²) in [4.78, 5) is 152. The number of rotatable bonds is 19. The molecule has 3 rings (SSSR count). The van der Waals surface area contributed by atoms with Crippen LogP contribution in [0.2, 0.25) is 0 Å². The first-order valence-electron chi connectivity index (χ1n) is 23.7. The first-order chi connectivity index (χ1) is 33.6. The van der Waals surface area contributed by atoms with E-state index in [-0.39, 0.29) is 82.6 Å². The second-order valence-corrected chi connectivity index (χ2v) is 17.7. The predicted octanol–water partition coefficient (Wildman–Crippen LogP) is -4.36. The number of nitrogens with two attached hydrogens (primary N) is 5. The lowest BCUT2D eigenvalue weighted by atomic mass is 9.96. The molecule has 0 aliphatic carbocycles. The van der Waals surface area contributed by atoms with E-state index in [1.165, 1.54) is 17.0 Å². The fourth-order valence-corrected chi connectivity index (χ4v) is 7.98. The Morgan fingerprint density at radius 3 is 2.07 bits per heavy atom. The highest BCUT2D eigenvalue weighted by Gasteiger charge is 2.40. The van der Waals surface area contributed by atoms with Gasteiger partial charge in [-0.3, -0.25) is 57.7 Å². The normalized spacial score (nSPS) is 22.7. The summed E-state index contributed by atoms with van der Waals surface area (Å²) in [6.45, 7) is 3.06. The topological polar surface area (TPSA) is 438 Å². The molecular weight excluding hydrogens is 929 g/mol. The van der Waals surface area contributed by atoms with Crippen molar-refractivity contribution in [2.24, 2.45) is 39.6 Å². The average Bonchev–Trinajstić information content (AvgIpc) is 3.81. The van der Waals surface area contributed by atoms with Gasteiger partial charge >= 0.3 is 0 Å². The standard InChI is InChI=1S/C45H70N14O12/c1-3-24(2)37-43(70)55-28(17-18-33(46)61)39(66)57-31(22-34(47)62)40(67)56-29(9-5-4-6-12-36(64)53-30(41(68)58-37)21-25-13-15-26(60)16-14-25)44(71)59-20-8-11-32(59)42(69)54-27(10-7-19-51-45(49)50)38(65)52-23-35(48)63/h13-16,24,27-32,37,60H,3-12,17-23H2,1-2H3,(H2,46,61)(H2,47,62)(H2,48,63)(H,52,65)(H,53,64)(H,54,69)(H,55,70)(H,56,67)(H,57,66)(H,58,68)(H4,49,50,51)/t24-,27-,28-,29-,30-,31-,32-,37-/m0/s1. The molecule has 11 amide bonds. The van der Waals surface area contributed by atoms with Crippen LogP contribution in [0.1, 0.15) is 103 Å². The van der Waals surface area contributed by atoms with Crippen LogP contribution in [0.15, 0.2) is 29.3 Å². The van der Waals surface area contributed by atoms with Gasteiger partial charge in [0.05, 0.1) is 13.0 Å². The van der Waals surface area contributed by atoms with Crippen molar-refractivity contribution in [1.82, 2.24) is 42.1 Å². The second-order valence-electron chi connectivity index (χ2n) is 17.7. The predicted molar refractivity (Wildman–Crippen MR) is 255 cm³/mol. The Kier molecular flexibility index (Phi) is 23.5. The third kappa shape index (κ3) is 19.8. The lowest BCUT2D eigenvalue weighted by molar-refractivity contribution is -0.143. The van der Waals surface area contributed by atoms with Crippen LogP contribution in [0, 0.1) is 5.92 Å². The van der Waals surface area contributed by atoms with E-state index >= 15 is 0 Å². The van der Waals surface area contributed by atoms with E-state index in [0.29, 0.717) is 24.8 Å². The van der Waals surface area contributed by atoms with Crippen molar-refractivity contribution in [3.8, 4) is 5.75 Å². The molecule has 2 aliphatic rings. The number of aromatic hydroxyl groups is 1. The van der Waals surface area contributed by atoms with E-state index in [1.54, 1.807) is 26.0 Å². The first kappa shape index (κ1) is 57.8. The Bertz CT molecular complexity index is 2120. The number of carbonyl (C=O) groups excluding carboxylic acids is 11. The summed E-state index contributed by atoms with van der Waals surface area (Å²) in [5.74, 6) is -9.89. The van der Waals surface area contributed by atoms with E-state index < -0.39 is 133 Å². The van der Waals surface area contributed by atoms with Crippen molar-refractivity contribution < 1.29 is 57.8 Å². The molecule has 2 aliphatic heterocycles. The molecule has 0 unspecified atom stereocenters. The van der Waals surface area contributed by atoms with Crippen molar-refractivity contribution in [3.05, 3.63) is 29.8 Å². The molecule has 392 valence electrons. The molecule has 2 fully saturated rings. The zero-order valence-electron chi connectivity index (χ0n) is 40.2. The monoisotopic (exact) mass is 999 g/mol. The zero-order chi connectivity index (χ0) is 52.8. The van der Waals surface area contributed by atoms with E-state index in [0.717, 1.165) is 0 Å². The maximum atomic E-state index is 14.5. The summed E-state index contributed by atoms with van der Waals surface area (Å²) in [5.41, 5.74) is 27.5. The summed E-state index contributed by atoms with van der Waals surface area (Å²) in [5, 5.41) is 27.8. The molecule has 2 saturated heterocycles. The third-order valence-electron chi connectivity index (χ3n) is 12.0. The van der Waals surface area contributed by atoms with Gasteiger partial charge in [0.25, 0.3) is 0 Å². The first-order valence-corrected chi connectivity index (χ1v) is 23.7. The highest BCUT2D eigenvalue weighted by molar-refractivity contribution is 5.99. The number of guanidine groups is 1. The van der Waals surface area contributed by atoms with Gasteiger partial charge in [0.15, 0.2) is 5.96 Å². The van der Waals surface area contributed by atoms with Crippen molar-refractivity contribution in [2.75, 3.05) is 19.6 Å². The zero-order valence-corrected chi connectivity index (χ0v) is 40.2. The summed E-state index contributed by atoms with van der Waals surface area (Å²) in [6, 6.07) is -3.61. The van der Waals surface area contributed by atoms with Crippen LogP contribution in [0.25, 0.3) is 0 Å². The highest BCUT2D eigenvalue weighted by atomic mass is 16.3. The van der Waals surface area contributed by atoms with Crippen molar-refractivity contribution in [1.29, 1.82) is 0 Å². The fraction of sp³-hybridized carbons (Fsp3) is 0.600. The Morgan fingerprint density at radius 2 is 1.44 bits per heavy atom. The smallest absolute Gasteiger partial charge is 0.245 e. The van der Waals surface area contributed by atoms with E-state index in [2.05, 4.69) is 42.2 Å². The van der Waals surface area contributed by atoms with Gasteiger partial charge in [-0.2, -0.15) is 0 Å². The number of benzene rings is 1. The molecular formula is C45H70N14O12. The van der Waals surface area contributed by atoms with E-state index in [9.17, 15) is 57.8 Å². The number of nitrogens with one attached hydrogen (secondary N) is 7. The summed E-state index contributed by atoms with van der Waals surface area (Å²) >= 11 is 0. The Labute approximate surface area is 410 Å². The summed E-state index contributed by atoms with van der Waals surface area (Å²) in [6.07, 6.45) is 0.0797. The van der Waals surface area contributed by atoms with E-state index in [4.69, 9.17) is 28.7 Å². The molecule has 1 aromatic carbocycles. The molecule has 26 heteroatoms. The molecule has 2 heterocycles. The SMILES string of the molecule is CC[C@H](C)[C@@H]1NC(=O)[C@H](Cc2ccc(O)cc2)NC(=O)CCCCC[C@@H](C(=O)N2CCC[C@H]2C(=O)N[C@@H](CCCN=C(N)N)C(=O)NCC(N)=O)NC(=O)[C@H](CC(N)=O)NC(=O)[C@H](CCC(N)=O)NC1=O. The average molecular weight is 999 g/mol. The lowest BCUT2D eigenvalue weighted by Crippen LogP contribution is -2.61. The number of nitrogens with zero attached hydrogens (tertiary/aromatic N) is 2. The van der Waals surface area contributed by atoms with Gasteiger partial charge in [-0.1, -0.05) is 45.2 Å². The van der Waals surface area contributed by atoms with Gasteiger partial charge in [0, 0.05) is 32.4 Å². The second kappa shape index (κ2) is 28.8. The number of hydrogen-bond donors (Lipinski definition) is 13. The van der Waals surface area contributed by atoms with Crippen LogP contribution in [0.3, 0.4) is 0 Å². The lowest BCUT2D eigenvalue weighted by Gasteiger charge is -2.31. The van der Waals surface area contributed by atoms with Gasteiger partial charge in [0.1, 0.15) is 48.0 Å². The third-order valence-corrected chi connectivity index (χ3v) is 12.0. The summed E-state index contributed by atoms with van der Waals surface area (Å²) in [7, 11) is 0. The Hall–Kier alpha value is -7.54. The molecule has 26 nitrogen and oxygen atoms in total. The quantitative estimate of drug-likeness (QED) is 0.0354. The minimum absolute atomic E-state index is 0.0231. The van der Waals surface area contributed by atoms with Crippen molar-refractivity contribution in [3.63, 3.8) is 0 Å². The number of phenols is 1. The number of likely N-dealkylation sites (tertiary alicyclic amines) is 1. The van der Waals surface area contributed by atoms with Crippen molar-refractivity contribution >= 4 is 70.9 Å². The fourth-order valence-electron chi connectivity index (χ4n) is 7.98. The van der Waals surface area contributed by atoms with Crippen LogP contribution >= 0.6 is 0 Å². The largest absolute Gasteiger partial charge is 0.508 e. The van der Waals surface area contributed by atoms with Crippen LogP contribution in [-0.4, -0.2) is 143 Å². The number of carbonyl (C=O) groups is 11. The minimum Gasteiger partial charge on any atom is -0.508 e. The van der Waals surface area contributed by atoms with Crippen LogP contribution in [-0.2, 0) is 59.2 Å². The van der Waals surface area contributed by atoms with Gasteiger partial charge in [-0.25, -0.2) is 0 Å². The van der Waals surface area contributed by atoms with Crippen molar-refractivity contribution in [2.45, 2.75) is 146 Å². The minimum atomic E-state index is -1.74. The molecule has 71 heavy (non-hydrogen) atoms. The molecule has 1 aromatic rings.